The Morgan fingerprint density at radius 1 is 1.56 bits per heavy atom. The second-order valence-corrected chi connectivity index (χ2v) is 4.06. The van der Waals surface area contributed by atoms with Crippen LogP contribution >= 0.6 is 0 Å². The predicted octanol–water partition coefficient (Wildman–Crippen LogP) is 1.08. The minimum atomic E-state index is 0.166. The van der Waals surface area contributed by atoms with Gasteiger partial charge < -0.3 is 10.4 Å². The Balaban J connectivity index is 2.17. The number of aryl methyl sites for hydroxylation is 1. The molecule has 2 rings (SSSR count). The minimum absolute atomic E-state index is 0.166. The number of fused-ring (bicyclic) bond motifs is 1. The van der Waals surface area contributed by atoms with Crippen molar-refractivity contribution < 1.29 is 5.11 Å². The second kappa shape index (κ2) is 4.49. The van der Waals surface area contributed by atoms with Gasteiger partial charge in [0.15, 0.2) is 5.65 Å². The molecule has 0 aliphatic rings. The van der Waals surface area contributed by atoms with E-state index in [9.17, 15) is 0 Å². The summed E-state index contributed by atoms with van der Waals surface area (Å²) in [6.45, 7) is 4.81. The van der Waals surface area contributed by atoms with Crippen LogP contribution < -0.4 is 5.32 Å². The number of rotatable bonds is 4. The smallest absolute Gasteiger partial charge is 0.243 e. The van der Waals surface area contributed by atoms with E-state index in [4.69, 9.17) is 5.11 Å². The molecule has 0 amide bonds. The van der Waals surface area contributed by atoms with E-state index in [0.717, 1.165) is 11.2 Å². The average Bonchev–Trinajstić information content (AvgIpc) is 2.70. The number of aliphatic hydroxyl groups is 1. The van der Waals surface area contributed by atoms with Gasteiger partial charge in [0.2, 0.25) is 5.95 Å². The van der Waals surface area contributed by atoms with Crippen LogP contribution in [0.4, 0.5) is 5.95 Å². The van der Waals surface area contributed by atoms with Crippen molar-refractivity contribution in [1.29, 1.82) is 0 Å². The van der Waals surface area contributed by atoms with E-state index in [1.54, 1.807) is 4.52 Å². The Hall–Kier alpha value is -1.62. The molecular formula is C11H16N4O. The molecule has 2 aromatic rings. The summed E-state index contributed by atoms with van der Waals surface area (Å²) in [7, 11) is 0. The van der Waals surface area contributed by atoms with Gasteiger partial charge in [0, 0.05) is 19.3 Å². The van der Waals surface area contributed by atoms with Gasteiger partial charge in [-0.1, -0.05) is 13.0 Å². The summed E-state index contributed by atoms with van der Waals surface area (Å²) in [6, 6.07) is 3.95. The maximum Gasteiger partial charge on any atom is 0.243 e. The highest BCUT2D eigenvalue weighted by Gasteiger charge is 2.06. The molecule has 5 heteroatoms. The first-order valence-corrected chi connectivity index (χ1v) is 5.37. The fourth-order valence-corrected chi connectivity index (χ4v) is 1.44. The maximum atomic E-state index is 8.91. The van der Waals surface area contributed by atoms with Gasteiger partial charge >= 0.3 is 0 Å². The lowest BCUT2D eigenvalue weighted by Gasteiger charge is -2.06. The van der Waals surface area contributed by atoms with Crippen molar-refractivity contribution in [2.75, 3.05) is 18.5 Å². The lowest BCUT2D eigenvalue weighted by molar-refractivity contribution is 0.244. The van der Waals surface area contributed by atoms with Crippen molar-refractivity contribution in [1.82, 2.24) is 14.6 Å². The summed E-state index contributed by atoms with van der Waals surface area (Å²) in [5.41, 5.74) is 1.96. The van der Waals surface area contributed by atoms with Crippen LogP contribution in [0.2, 0.25) is 0 Å². The Bertz CT molecular complexity index is 480. The average molecular weight is 220 g/mol. The topological polar surface area (TPSA) is 62.5 Å². The number of hydrogen-bond donors (Lipinski definition) is 2. The first-order valence-electron chi connectivity index (χ1n) is 5.37. The highest BCUT2D eigenvalue weighted by Crippen LogP contribution is 2.09. The van der Waals surface area contributed by atoms with Crippen LogP contribution in [-0.4, -0.2) is 32.9 Å². The molecule has 86 valence electrons. The summed E-state index contributed by atoms with van der Waals surface area (Å²) in [5, 5.41) is 16.3. The molecule has 0 aromatic carbocycles. The molecule has 2 heterocycles. The fraction of sp³-hybridized carbons (Fsp3) is 0.455. The summed E-state index contributed by atoms with van der Waals surface area (Å²) in [5.74, 6) is 0.808. The van der Waals surface area contributed by atoms with E-state index in [2.05, 4.69) is 15.4 Å². The van der Waals surface area contributed by atoms with Crippen molar-refractivity contribution in [3.05, 3.63) is 23.9 Å². The Morgan fingerprint density at radius 3 is 3.06 bits per heavy atom. The minimum Gasteiger partial charge on any atom is -0.396 e. The molecule has 0 radical (unpaired) electrons. The highest BCUT2D eigenvalue weighted by atomic mass is 16.3. The Morgan fingerprint density at radius 2 is 2.38 bits per heavy atom. The van der Waals surface area contributed by atoms with Crippen LogP contribution in [0.1, 0.15) is 12.5 Å². The molecule has 0 fully saturated rings. The molecule has 0 aliphatic carbocycles. The van der Waals surface area contributed by atoms with E-state index in [-0.39, 0.29) is 12.5 Å². The van der Waals surface area contributed by atoms with Crippen LogP contribution in [-0.2, 0) is 0 Å². The van der Waals surface area contributed by atoms with E-state index < -0.39 is 0 Å². The monoisotopic (exact) mass is 220 g/mol. The van der Waals surface area contributed by atoms with Crippen molar-refractivity contribution in [2.45, 2.75) is 13.8 Å². The normalized spacial score (nSPS) is 12.9. The number of anilines is 1. The highest BCUT2D eigenvalue weighted by molar-refractivity contribution is 5.49. The molecule has 5 nitrogen and oxygen atoms in total. The van der Waals surface area contributed by atoms with E-state index in [1.807, 2.05) is 32.2 Å². The maximum absolute atomic E-state index is 8.91. The van der Waals surface area contributed by atoms with Crippen LogP contribution in [0, 0.1) is 12.8 Å². The molecule has 1 unspecified atom stereocenters. The largest absolute Gasteiger partial charge is 0.396 e. The fourth-order valence-electron chi connectivity index (χ4n) is 1.44. The van der Waals surface area contributed by atoms with Crippen LogP contribution in [0.3, 0.4) is 0 Å². The first-order chi connectivity index (χ1) is 7.70. The molecule has 1 atom stereocenters. The molecule has 0 aliphatic heterocycles. The van der Waals surface area contributed by atoms with Crippen LogP contribution in [0.25, 0.3) is 5.65 Å². The number of aliphatic hydroxyl groups excluding tert-OH is 1. The standard InChI is InChI=1S/C11H16N4O/c1-8(7-16)6-12-11-13-10-9(2)4-3-5-15(10)14-11/h3-5,8,16H,6-7H2,1-2H3,(H,12,14). The third kappa shape index (κ3) is 2.14. The van der Waals surface area contributed by atoms with Gasteiger partial charge in [0.05, 0.1) is 0 Å². The zero-order valence-electron chi connectivity index (χ0n) is 9.51. The first kappa shape index (κ1) is 10.9. The molecule has 2 aromatic heterocycles. The van der Waals surface area contributed by atoms with Crippen molar-refractivity contribution in [3.63, 3.8) is 0 Å². The Kier molecular flexibility index (Phi) is 3.05. The molecule has 2 N–H and O–H groups in total. The number of aromatic nitrogens is 3. The Labute approximate surface area is 94.1 Å². The van der Waals surface area contributed by atoms with Crippen molar-refractivity contribution in [2.24, 2.45) is 5.92 Å². The lowest BCUT2D eigenvalue weighted by atomic mass is 10.2. The van der Waals surface area contributed by atoms with Gasteiger partial charge in [-0.25, -0.2) is 4.52 Å². The van der Waals surface area contributed by atoms with E-state index in [1.165, 1.54) is 0 Å². The summed E-state index contributed by atoms with van der Waals surface area (Å²) in [6.07, 6.45) is 1.87. The van der Waals surface area contributed by atoms with E-state index in [0.29, 0.717) is 12.5 Å². The molecule has 0 saturated heterocycles. The molecule has 0 saturated carbocycles. The molecule has 0 spiro atoms. The van der Waals surface area contributed by atoms with Crippen LogP contribution in [0.15, 0.2) is 18.3 Å². The number of nitrogens with zero attached hydrogens (tertiary/aromatic N) is 3. The van der Waals surface area contributed by atoms with Gasteiger partial charge in [-0.3, -0.25) is 0 Å². The van der Waals surface area contributed by atoms with Crippen molar-refractivity contribution in [3.8, 4) is 0 Å². The van der Waals surface area contributed by atoms with E-state index >= 15 is 0 Å². The van der Waals surface area contributed by atoms with Gasteiger partial charge in [-0.2, -0.15) is 4.98 Å². The lowest BCUT2D eigenvalue weighted by Crippen LogP contribution is -2.15. The summed E-state index contributed by atoms with van der Waals surface area (Å²) < 4.78 is 1.75. The van der Waals surface area contributed by atoms with Gasteiger partial charge in [-0.15, -0.1) is 5.10 Å². The quantitative estimate of drug-likeness (QED) is 0.809. The van der Waals surface area contributed by atoms with Crippen LogP contribution in [0.5, 0.6) is 0 Å². The third-order valence-electron chi connectivity index (χ3n) is 2.48. The zero-order chi connectivity index (χ0) is 11.5. The zero-order valence-corrected chi connectivity index (χ0v) is 9.51. The summed E-state index contributed by atoms with van der Waals surface area (Å²) >= 11 is 0. The predicted molar refractivity (Wildman–Crippen MR) is 62.5 cm³/mol. The second-order valence-electron chi connectivity index (χ2n) is 4.06. The van der Waals surface area contributed by atoms with Gasteiger partial charge in [-0.05, 0) is 24.5 Å². The molecular weight excluding hydrogens is 204 g/mol. The van der Waals surface area contributed by atoms with Crippen molar-refractivity contribution >= 4 is 11.6 Å². The third-order valence-corrected chi connectivity index (χ3v) is 2.48. The van der Waals surface area contributed by atoms with Gasteiger partial charge in [0.25, 0.3) is 0 Å². The SMILES string of the molecule is Cc1cccn2nc(NCC(C)CO)nc12. The number of pyridine rings is 1. The number of nitrogens with one attached hydrogen (secondary N) is 1. The number of hydrogen-bond acceptors (Lipinski definition) is 4. The van der Waals surface area contributed by atoms with Gasteiger partial charge in [0.1, 0.15) is 0 Å². The molecule has 0 bridgehead atoms. The summed E-state index contributed by atoms with van der Waals surface area (Å²) in [4.78, 5) is 4.38. The molecule has 16 heavy (non-hydrogen) atoms.